The van der Waals surface area contributed by atoms with Crippen molar-refractivity contribution in [2.24, 2.45) is 0 Å². The van der Waals surface area contributed by atoms with Gasteiger partial charge < -0.3 is 19.7 Å². The number of hydrogen-bond acceptors (Lipinski definition) is 4. The van der Waals surface area contributed by atoms with Crippen LogP contribution in [0.2, 0.25) is 0 Å². The number of aliphatic hydroxyl groups excluding tert-OH is 1. The van der Waals surface area contributed by atoms with Gasteiger partial charge in [-0.3, -0.25) is 4.79 Å². The maximum absolute atomic E-state index is 12.0. The van der Waals surface area contributed by atoms with E-state index in [0.717, 1.165) is 45.1 Å². The molecular weight excluding hydrogens is 280 g/mol. The van der Waals surface area contributed by atoms with E-state index in [-0.39, 0.29) is 18.4 Å². The lowest BCUT2D eigenvalue weighted by Crippen LogP contribution is -2.27. The zero-order chi connectivity index (χ0) is 16.1. The van der Waals surface area contributed by atoms with Gasteiger partial charge in [0.05, 0.1) is 12.3 Å². The molecule has 5 nitrogen and oxygen atoms in total. The van der Waals surface area contributed by atoms with Crippen molar-refractivity contribution < 1.29 is 10.2 Å². The standard InChI is InChI=1S/C17H28N2O3/c1-3-4-9-18(2)11-15-17(22)16(21)10-14(12-20)19(15)13-7-5-6-8-13/h10,13,20,22H,3-9,11-12H2,1-2H3. The van der Waals surface area contributed by atoms with Gasteiger partial charge in [-0.2, -0.15) is 0 Å². The van der Waals surface area contributed by atoms with Crippen molar-refractivity contribution in [2.45, 2.75) is 64.6 Å². The number of nitrogens with zero attached hydrogens (tertiary/aromatic N) is 2. The summed E-state index contributed by atoms with van der Waals surface area (Å²) in [7, 11) is 2.00. The first-order valence-corrected chi connectivity index (χ1v) is 8.34. The highest BCUT2D eigenvalue weighted by atomic mass is 16.3. The second kappa shape index (κ2) is 7.79. The van der Waals surface area contributed by atoms with E-state index in [1.165, 1.54) is 6.07 Å². The van der Waals surface area contributed by atoms with Gasteiger partial charge in [0, 0.05) is 24.3 Å². The van der Waals surface area contributed by atoms with Crippen LogP contribution in [-0.2, 0) is 13.2 Å². The molecular formula is C17H28N2O3. The molecule has 2 N–H and O–H groups in total. The van der Waals surface area contributed by atoms with E-state index in [9.17, 15) is 15.0 Å². The number of aliphatic hydroxyl groups is 1. The van der Waals surface area contributed by atoms with E-state index in [1.54, 1.807) is 0 Å². The summed E-state index contributed by atoms with van der Waals surface area (Å²) in [6.07, 6.45) is 6.61. The zero-order valence-electron chi connectivity index (χ0n) is 13.7. The molecule has 1 aromatic heterocycles. The SMILES string of the molecule is CCCCN(C)Cc1c(O)c(=O)cc(CO)n1C1CCCC1. The second-order valence-electron chi connectivity index (χ2n) is 6.35. The maximum Gasteiger partial charge on any atom is 0.223 e. The van der Waals surface area contributed by atoms with Gasteiger partial charge >= 0.3 is 0 Å². The monoisotopic (exact) mass is 308 g/mol. The highest BCUT2D eigenvalue weighted by Crippen LogP contribution is 2.33. The van der Waals surface area contributed by atoms with Crippen LogP contribution >= 0.6 is 0 Å². The van der Waals surface area contributed by atoms with Crippen LogP contribution in [0, 0.1) is 0 Å². The number of pyridine rings is 1. The third-order valence-electron chi connectivity index (χ3n) is 4.57. The van der Waals surface area contributed by atoms with E-state index in [4.69, 9.17) is 0 Å². The van der Waals surface area contributed by atoms with Gasteiger partial charge in [-0.05, 0) is 32.9 Å². The van der Waals surface area contributed by atoms with Crippen LogP contribution in [0.3, 0.4) is 0 Å². The summed E-state index contributed by atoms with van der Waals surface area (Å²) >= 11 is 0. The third-order valence-corrected chi connectivity index (χ3v) is 4.57. The van der Waals surface area contributed by atoms with Crippen molar-refractivity contribution in [2.75, 3.05) is 13.6 Å². The second-order valence-corrected chi connectivity index (χ2v) is 6.35. The molecule has 0 amide bonds. The molecule has 0 unspecified atom stereocenters. The summed E-state index contributed by atoms with van der Waals surface area (Å²) in [5.74, 6) is -0.160. The lowest BCUT2D eigenvalue weighted by molar-refractivity contribution is 0.253. The fraction of sp³-hybridized carbons (Fsp3) is 0.706. The average molecular weight is 308 g/mol. The quantitative estimate of drug-likeness (QED) is 0.812. The Morgan fingerprint density at radius 1 is 1.36 bits per heavy atom. The molecule has 0 aliphatic heterocycles. The van der Waals surface area contributed by atoms with Gasteiger partial charge in [-0.1, -0.05) is 26.2 Å². The Balaban J connectivity index is 2.39. The molecule has 1 fully saturated rings. The van der Waals surface area contributed by atoms with E-state index in [1.807, 2.05) is 11.6 Å². The van der Waals surface area contributed by atoms with Crippen LogP contribution < -0.4 is 5.43 Å². The first-order valence-electron chi connectivity index (χ1n) is 8.34. The van der Waals surface area contributed by atoms with Crippen molar-refractivity contribution in [3.63, 3.8) is 0 Å². The van der Waals surface area contributed by atoms with Crippen LogP contribution in [0.1, 0.15) is 62.9 Å². The van der Waals surface area contributed by atoms with Gasteiger partial charge in [-0.15, -0.1) is 0 Å². The molecule has 1 aliphatic rings. The highest BCUT2D eigenvalue weighted by Gasteiger charge is 2.24. The Morgan fingerprint density at radius 2 is 2.05 bits per heavy atom. The molecule has 1 aliphatic carbocycles. The molecule has 124 valence electrons. The van der Waals surface area contributed by atoms with E-state index in [2.05, 4.69) is 11.8 Å². The molecule has 0 bridgehead atoms. The Hall–Kier alpha value is -1.33. The summed E-state index contributed by atoms with van der Waals surface area (Å²) in [6.45, 7) is 3.44. The molecule has 0 aromatic carbocycles. The first-order chi connectivity index (χ1) is 10.6. The maximum atomic E-state index is 12.0. The van der Waals surface area contributed by atoms with Crippen LogP contribution in [0.15, 0.2) is 10.9 Å². The topological polar surface area (TPSA) is 65.7 Å². The van der Waals surface area contributed by atoms with Crippen LogP contribution in [-0.4, -0.2) is 33.3 Å². The Bertz CT molecular complexity index is 548. The predicted molar refractivity (Wildman–Crippen MR) is 87.0 cm³/mol. The predicted octanol–water partition coefficient (Wildman–Crippen LogP) is 2.39. The fourth-order valence-electron chi connectivity index (χ4n) is 3.37. The molecule has 0 saturated heterocycles. The summed E-state index contributed by atoms with van der Waals surface area (Å²) in [4.78, 5) is 14.1. The Kier molecular flexibility index (Phi) is 6.03. The van der Waals surface area contributed by atoms with Crippen molar-refractivity contribution in [3.8, 4) is 5.75 Å². The van der Waals surface area contributed by atoms with E-state index >= 15 is 0 Å². The molecule has 0 atom stereocenters. The summed E-state index contributed by atoms with van der Waals surface area (Å²) in [5, 5.41) is 19.9. The summed E-state index contributed by atoms with van der Waals surface area (Å²) < 4.78 is 2.02. The smallest absolute Gasteiger partial charge is 0.223 e. The number of aromatic nitrogens is 1. The average Bonchev–Trinajstić information content (AvgIpc) is 3.03. The molecule has 1 aromatic rings. The van der Waals surface area contributed by atoms with Gasteiger partial charge in [-0.25, -0.2) is 0 Å². The minimum absolute atomic E-state index is 0.160. The van der Waals surface area contributed by atoms with Gasteiger partial charge in [0.2, 0.25) is 5.43 Å². The number of rotatable bonds is 7. The van der Waals surface area contributed by atoms with Crippen molar-refractivity contribution in [1.29, 1.82) is 0 Å². The molecule has 22 heavy (non-hydrogen) atoms. The van der Waals surface area contributed by atoms with Gasteiger partial charge in [0.15, 0.2) is 5.75 Å². The fourth-order valence-corrected chi connectivity index (χ4v) is 3.37. The molecule has 2 rings (SSSR count). The number of aromatic hydroxyl groups is 1. The van der Waals surface area contributed by atoms with Crippen LogP contribution in [0.4, 0.5) is 0 Å². The zero-order valence-corrected chi connectivity index (χ0v) is 13.7. The minimum Gasteiger partial charge on any atom is -0.503 e. The largest absolute Gasteiger partial charge is 0.503 e. The lowest BCUT2D eigenvalue weighted by Gasteiger charge is -2.27. The van der Waals surface area contributed by atoms with Crippen molar-refractivity contribution >= 4 is 0 Å². The Morgan fingerprint density at radius 3 is 2.64 bits per heavy atom. The first kappa shape index (κ1) is 17.0. The van der Waals surface area contributed by atoms with E-state index < -0.39 is 5.43 Å². The lowest BCUT2D eigenvalue weighted by atomic mass is 10.1. The number of hydrogen-bond donors (Lipinski definition) is 2. The molecule has 0 radical (unpaired) electrons. The van der Waals surface area contributed by atoms with E-state index in [0.29, 0.717) is 17.9 Å². The van der Waals surface area contributed by atoms with Crippen LogP contribution in [0.5, 0.6) is 5.75 Å². The van der Waals surface area contributed by atoms with Gasteiger partial charge in [0.25, 0.3) is 0 Å². The highest BCUT2D eigenvalue weighted by molar-refractivity contribution is 5.31. The molecule has 5 heteroatoms. The van der Waals surface area contributed by atoms with Crippen molar-refractivity contribution in [3.05, 3.63) is 27.7 Å². The molecule has 0 spiro atoms. The number of unbranched alkanes of at least 4 members (excludes halogenated alkanes) is 1. The van der Waals surface area contributed by atoms with Gasteiger partial charge in [0.1, 0.15) is 0 Å². The summed E-state index contributed by atoms with van der Waals surface area (Å²) in [6, 6.07) is 1.66. The third kappa shape index (κ3) is 3.70. The van der Waals surface area contributed by atoms with Crippen LogP contribution in [0.25, 0.3) is 0 Å². The summed E-state index contributed by atoms with van der Waals surface area (Å²) in [5.41, 5.74) is 0.882. The molecule has 1 heterocycles. The van der Waals surface area contributed by atoms with Crippen molar-refractivity contribution in [1.82, 2.24) is 9.47 Å². The normalized spacial score (nSPS) is 15.8. The Labute approximate surface area is 132 Å². The minimum atomic E-state index is -0.391. The molecule has 1 saturated carbocycles.